The summed E-state index contributed by atoms with van der Waals surface area (Å²) in [6.07, 6.45) is 0.325. The minimum atomic E-state index is -0.410. The fourth-order valence-electron chi connectivity index (χ4n) is 2.46. The molecule has 0 radical (unpaired) electrons. The molecule has 0 aliphatic carbocycles. The third kappa shape index (κ3) is 6.00. The van der Waals surface area contributed by atoms with Crippen LogP contribution >= 0.6 is 0 Å². The summed E-state index contributed by atoms with van der Waals surface area (Å²) >= 11 is 0. The fraction of sp³-hybridized carbons (Fsp3) is 0.300. The zero-order valence-electron chi connectivity index (χ0n) is 15.7. The van der Waals surface area contributed by atoms with E-state index in [0.717, 1.165) is 5.56 Å². The van der Waals surface area contributed by atoms with Crippen molar-refractivity contribution >= 4 is 17.6 Å². The van der Waals surface area contributed by atoms with E-state index < -0.39 is 5.97 Å². The summed E-state index contributed by atoms with van der Waals surface area (Å²) in [6, 6.07) is 12.2. The number of rotatable bonds is 9. The van der Waals surface area contributed by atoms with Crippen LogP contribution < -0.4 is 20.1 Å². The van der Waals surface area contributed by atoms with Crippen LogP contribution in [0.3, 0.4) is 0 Å². The van der Waals surface area contributed by atoms with Crippen molar-refractivity contribution in [3.8, 4) is 11.5 Å². The summed E-state index contributed by atoms with van der Waals surface area (Å²) in [5, 5.41) is 6.01. The van der Waals surface area contributed by atoms with Gasteiger partial charge in [0, 0.05) is 25.2 Å². The molecule has 0 spiro atoms. The van der Waals surface area contributed by atoms with Crippen LogP contribution in [-0.4, -0.2) is 39.8 Å². The molecule has 0 heterocycles. The Morgan fingerprint density at radius 2 is 1.63 bits per heavy atom. The number of hydrogen-bond acceptors (Lipinski definition) is 6. The predicted molar refractivity (Wildman–Crippen MR) is 102 cm³/mol. The molecule has 0 aromatic heterocycles. The highest BCUT2D eigenvalue weighted by molar-refractivity contribution is 5.93. The van der Waals surface area contributed by atoms with Crippen molar-refractivity contribution in [1.29, 1.82) is 0 Å². The molecule has 27 heavy (non-hydrogen) atoms. The zero-order chi connectivity index (χ0) is 19.6. The number of benzene rings is 2. The molecule has 2 rings (SSSR count). The molecule has 0 aliphatic heterocycles. The first kappa shape index (κ1) is 20.3. The predicted octanol–water partition coefficient (Wildman–Crippen LogP) is 2.61. The van der Waals surface area contributed by atoms with Gasteiger partial charge in [-0.25, -0.2) is 4.79 Å². The number of carbonyl (C=O) groups excluding carboxylic acids is 2. The second-order valence-electron chi connectivity index (χ2n) is 5.73. The lowest BCUT2D eigenvalue weighted by Gasteiger charge is -2.10. The lowest BCUT2D eigenvalue weighted by atomic mass is 10.2. The van der Waals surface area contributed by atoms with Crippen molar-refractivity contribution in [3.63, 3.8) is 0 Å². The van der Waals surface area contributed by atoms with Crippen molar-refractivity contribution in [2.45, 2.75) is 13.0 Å². The molecule has 0 saturated carbocycles. The van der Waals surface area contributed by atoms with Gasteiger partial charge in [-0.1, -0.05) is 6.07 Å². The van der Waals surface area contributed by atoms with Gasteiger partial charge >= 0.3 is 5.97 Å². The Morgan fingerprint density at radius 3 is 2.26 bits per heavy atom. The van der Waals surface area contributed by atoms with E-state index in [1.54, 1.807) is 38.5 Å². The third-order valence-corrected chi connectivity index (χ3v) is 3.90. The Morgan fingerprint density at radius 1 is 0.926 bits per heavy atom. The second kappa shape index (κ2) is 10.2. The average Bonchev–Trinajstić information content (AvgIpc) is 2.71. The fourth-order valence-corrected chi connectivity index (χ4v) is 2.46. The molecule has 0 atom stereocenters. The van der Waals surface area contributed by atoms with Crippen molar-refractivity contribution in [3.05, 3.63) is 53.6 Å². The molecular formula is C20H24N2O5. The van der Waals surface area contributed by atoms with Crippen molar-refractivity contribution in [2.75, 3.05) is 33.2 Å². The first-order valence-electron chi connectivity index (χ1n) is 8.47. The molecular weight excluding hydrogens is 348 g/mol. The Bertz CT molecular complexity index is 774. The number of ether oxygens (including phenoxy) is 3. The van der Waals surface area contributed by atoms with E-state index in [4.69, 9.17) is 9.47 Å². The van der Waals surface area contributed by atoms with Gasteiger partial charge in [0.05, 0.1) is 26.9 Å². The first-order valence-corrected chi connectivity index (χ1v) is 8.47. The summed E-state index contributed by atoms with van der Waals surface area (Å²) in [5.41, 5.74) is 2.10. The van der Waals surface area contributed by atoms with Gasteiger partial charge in [-0.3, -0.25) is 4.79 Å². The number of hydrogen-bond donors (Lipinski definition) is 2. The van der Waals surface area contributed by atoms with Crippen molar-refractivity contribution < 1.29 is 23.8 Å². The van der Waals surface area contributed by atoms with Crippen LogP contribution in [0.5, 0.6) is 11.5 Å². The molecule has 2 aromatic carbocycles. The van der Waals surface area contributed by atoms with Crippen LogP contribution in [0.15, 0.2) is 42.5 Å². The van der Waals surface area contributed by atoms with E-state index in [9.17, 15) is 9.59 Å². The van der Waals surface area contributed by atoms with Crippen LogP contribution in [0, 0.1) is 0 Å². The minimum Gasteiger partial charge on any atom is -0.493 e. The molecule has 2 N–H and O–H groups in total. The summed E-state index contributed by atoms with van der Waals surface area (Å²) < 4.78 is 15.1. The van der Waals surface area contributed by atoms with Gasteiger partial charge in [-0.15, -0.1) is 0 Å². The van der Waals surface area contributed by atoms with Crippen molar-refractivity contribution in [2.24, 2.45) is 0 Å². The van der Waals surface area contributed by atoms with Gasteiger partial charge < -0.3 is 24.8 Å². The number of methoxy groups -OCH3 is 3. The summed E-state index contributed by atoms with van der Waals surface area (Å²) in [6.45, 7) is 1.14. The van der Waals surface area contributed by atoms with Crippen LogP contribution in [-0.2, 0) is 16.1 Å². The number of amides is 1. The highest BCUT2D eigenvalue weighted by atomic mass is 16.5. The molecule has 0 aliphatic rings. The Kier molecular flexibility index (Phi) is 7.63. The second-order valence-corrected chi connectivity index (χ2v) is 5.73. The van der Waals surface area contributed by atoms with E-state index in [-0.39, 0.29) is 5.91 Å². The highest BCUT2D eigenvalue weighted by Crippen LogP contribution is 2.27. The molecule has 1 amide bonds. The molecule has 144 valence electrons. The maximum atomic E-state index is 12.0. The minimum absolute atomic E-state index is 0.111. The molecule has 0 fully saturated rings. The van der Waals surface area contributed by atoms with E-state index in [1.165, 1.54) is 7.11 Å². The number of anilines is 1. The topological polar surface area (TPSA) is 85.9 Å². The lowest BCUT2D eigenvalue weighted by Crippen LogP contribution is -2.21. The Hall–Kier alpha value is -3.06. The van der Waals surface area contributed by atoms with Gasteiger partial charge in [-0.05, 0) is 42.0 Å². The van der Waals surface area contributed by atoms with Gasteiger partial charge in [0.2, 0.25) is 5.91 Å². The van der Waals surface area contributed by atoms with Crippen molar-refractivity contribution in [1.82, 2.24) is 5.32 Å². The SMILES string of the molecule is COC(=O)c1ccc(NC(=O)CCNCc2ccc(OC)c(OC)c2)cc1. The number of nitrogens with one attached hydrogen (secondary N) is 2. The van der Waals surface area contributed by atoms with Gasteiger partial charge in [0.25, 0.3) is 0 Å². The normalized spacial score (nSPS) is 10.2. The summed E-state index contributed by atoms with van der Waals surface area (Å²) in [7, 11) is 4.52. The zero-order valence-corrected chi connectivity index (χ0v) is 15.7. The van der Waals surface area contributed by atoms with E-state index in [0.29, 0.717) is 42.3 Å². The number of esters is 1. The van der Waals surface area contributed by atoms with Gasteiger partial charge in [0.15, 0.2) is 11.5 Å². The maximum Gasteiger partial charge on any atom is 0.337 e. The van der Waals surface area contributed by atoms with E-state index in [2.05, 4.69) is 15.4 Å². The summed E-state index contributed by atoms with van der Waals surface area (Å²) in [5.74, 6) is 0.830. The Labute approximate surface area is 158 Å². The monoisotopic (exact) mass is 372 g/mol. The van der Waals surface area contributed by atoms with Crippen LogP contribution in [0.25, 0.3) is 0 Å². The van der Waals surface area contributed by atoms with E-state index in [1.807, 2.05) is 18.2 Å². The molecule has 0 saturated heterocycles. The van der Waals surface area contributed by atoms with Crippen LogP contribution in [0.2, 0.25) is 0 Å². The first-order chi connectivity index (χ1) is 13.1. The standard InChI is InChI=1S/C20H24N2O5/c1-25-17-9-4-14(12-18(17)26-2)13-21-11-10-19(23)22-16-7-5-15(6-8-16)20(24)27-3/h4-9,12,21H,10-11,13H2,1-3H3,(H,22,23). The largest absolute Gasteiger partial charge is 0.493 e. The third-order valence-electron chi connectivity index (χ3n) is 3.90. The molecule has 7 nitrogen and oxygen atoms in total. The van der Waals surface area contributed by atoms with E-state index >= 15 is 0 Å². The molecule has 7 heteroatoms. The van der Waals surface area contributed by atoms with Gasteiger partial charge in [-0.2, -0.15) is 0 Å². The smallest absolute Gasteiger partial charge is 0.337 e. The lowest BCUT2D eigenvalue weighted by molar-refractivity contribution is -0.116. The van der Waals surface area contributed by atoms with Crippen LogP contribution in [0.1, 0.15) is 22.3 Å². The Balaban J connectivity index is 1.75. The maximum absolute atomic E-state index is 12.0. The molecule has 0 unspecified atom stereocenters. The number of carbonyl (C=O) groups is 2. The van der Waals surface area contributed by atoms with Gasteiger partial charge in [0.1, 0.15) is 0 Å². The quantitative estimate of drug-likeness (QED) is 0.520. The summed E-state index contributed by atoms with van der Waals surface area (Å²) in [4.78, 5) is 23.4. The average molecular weight is 372 g/mol. The highest BCUT2D eigenvalue weighted by Gasteiger charge is 2.07. The van der Waals surface area contributed by atoms with Crippen LogP contribution in [0.4, 0.5) is 5.69 Å². The molecule has 0 bridgehead atoms. The molecule has 2 aromatic rings.